The lowest BCUT2D eigenvalue weighted by atomic mass is 10.2. The zero-order chi connectivity index (χ0) is 8.27. The maximum Gasteiger partial charge on any atom is 0.167 e. The molecular weight excluding hydrogens is 144 g/mol. The highest BCUT2D eigenvalue weighted by atomic mass is 16.5. The van der Waals surface area contributed by atoms with Crippen LogP contribution in [0.1, 0.15) is 0 Å². The predicted molar refractivity (Wildman–Crippen MR) is 42.8 cm³/mol. The van der Waals surface area contributed by atoms with Crippen LogP contribution in [-0.2, 0) is 0 Å². The van der Waals surface area contributed by atoms with E-state index in [1.165, 1.54) is 7.11 Å². The highest BCUT2D eigenvalue weighted by Crippen LogP contribution is 2.29. The van der Waals surface area contributed by atoms with E-state index >= 15 is 0 Å². The third-order valence-electron chi connectivity index (χ3n) is 1.37. The van der Waals surface area contributed by atoms with Crippen molar-refractivity contribution in [3.8, 4) is 5.75 Å². The second-order valence-corrected chi connectivity index (χ2v) is 2.04. The Bertz CT molecular complexity index is 250. The van der Waals surface area contributed by atoms with Crippen molar-refractivity contribution < 1.29 is 9.94 Å². The van der Waals surface area contributed by atoms with E-state index in [0.717, 1.165) is 0 Å². The van der Waals surface area contributed by atoms with E-state index in [0.29, 0.717) is 17.1 Å². The molecule has 0 aromatic heterocycles. The summed E-state index contributed by atoms with van der Waals surface area (Å²) in [6.07, 6.45) is 0. The van der Waals surface area contributed by atoms with Crippen molar-refractivity contribution in [2.45, 2.75) is 0 Å². The molecule has 0 atom stereocenters. The number of nitrogen functional groups attached to an aromatic ring is 1. The monoisotopic (exact) mass is 154 g/mol. The zero-order valence-corrected chi connectivity index (χ0v) is 6.16. The van der Waals surface area contributed by atoms with E-state index < -0.39 is 0 Å². The van der Waals surface area contributed by atoms with Crippen molar-refractivity contribution >= 4 is 11.4 Å². The van der Waals surface area contributed by atoms with Gasteiger partial charge < -0.3 is 10.5 Å². The van der Waals surface area contributed by atoms with Gasteiger partial charge in [-0.1, -0.05) is 6.07 Å². The van der Waals surface area contributed by atoms with E-state index in [4.69, 9.17) is 15.7 Å². The normalized spacial score (nSPS) is 9.27. The summed E-state index contributed by atoms with van der Waals surface area (Å²) in [7, 11) is 1.49. The van der Waals surface area contributed by atoms with E-state index in [9.17, 15) is 0 Å². The van der Waals surface area contributed by atoms with E-state index in [1.54, 1.807) is 18.2 Å². The van der Waals surface area contributed by atoms with Gasteiger partial charge in [0.1, 0.15) is 5.69 Å². The molecule has 1 aromatic rings. The van der Waals surface area contributed by atoms with Crippen molar-refractivity contribution in [2.24, 2.45) is 0 Å². The number of hydrogen-bond donors (Lipinski definition) is 3. The Balaban J connectivity index is 3.13. The fourth-order valence-corrected chi connectivity index (χ4v) is 0.871. The van der Waals surface area contributed by atoms with Crippen LogP contribution in [0.2, 0.25) is 0 Å². The lowest BCUT2D eigenvalue weighted by molar-refractivity contribution is 0.374. The van der Waals surface area contributed by atoms with Gasteiger partial charge >= 0.3 is 0 Å². The lowest BCUT2D eigenvalue weighted by Gasteiger charge is -2.08. The van der Waals surface area contributed by atoms with Crippen LogP contribution in [0.5, 0.6) is 5.75 Å². The van der Waals surface area contributed by atoms with Gasteiger partial charge in [-0.3, -0.25) is 10.7 Å². The molecule has 0 saturated carbocycles. The molecule has 0 aliphatic heterocycles. The molecule has 4 heteroatoms. The molecule has 1 aromatic carbocycles. The summed E-state index contributed by atoms with van der Waals surface area (Å²) in [4.78, 5) is 0. The van der Waals surface area contributed by atoms with Crippen molar-refractivity contribution in [3.05, 3.63) is 18.2 Å². The van der Waals surface area contributed by atoms with Gasteiger partial charge in [-0.05, 0) is 12.1 Å². The molecule has 4 N–H and O–H groups in total. The number of para-hydroxylation sites is 1. The molecule has 11 heavy (non-hydrogen) atoms. The Morgan fingerprint density at radius 1 is 1.55 bits per heavy atom. The van der Waals surface area contributed by atoms with Crippen LogP contribution in [0.25, 0.3) is 0 Å². The summed E-state index contributed by atoms with van der Waals surface area (Å²) in [5, 5.41) is 8.59. The van der Waals surface area contributed by atoms with Crippen molar-refractivity contribution in [1.29, 1.82) is 0 Å². The van der Waals surface area contributed by atoms with Crippen LogP contribution < -0.4 is 16.0 Å². The lowest BCUT2D eigenvalue weighted by Crippen LogP contribution is -1.97. The number of methoxy groups -OCH3 is 1. The average Bonchev–Trinajstić information content (AvgIpc) is 2.04. The van der Waals surface area contributed by atoms with Crippen molar-refractivity contribution in [2.75, 3.05) is 18.3 Å². The fraction of sp³-hybridized carbons (Fsp3) is 0.143. The minimum absolute atomic E-state index is 0.454. The molecule has 0 radical (unpaired) electrons. The molecule has 0 spiro atoms. The first-order valence-electron chi connectivity index (χ1n) is 3.12. The molecular formula is C7H10N2O2. The smallest absolute Gasteiger partial charge is 0.167 e. The van der Waals surface area contributed by atoms with Gasteiger partial charge in [-0.2, -0.15) is 0 Å². The first-order chi connectivity index (χ1) is 5.29. The largest absolute Gasteiger partial charge is 0.492 e. The van der Waals surface area contributed by atoms with Gasteiger partial charge in [0, 0.05) is 0 Å². The molecule has 0 saturated heterocycles. The van der Waals surface area contributed by atoms with Gasteiger partial charge in [0.2, 0.25) is 0 Å². The molecule has 60 valence electrons. The zero-order valence-electron chi connectivity index (χ0n) is 6.16. The van der Waals surface area contributed by atoms with Crippen LogP contribution in [0.3, 0.4) is 0 Å². The SMILES string of the molecule is COc1c(N)cccc1NO. The Labute approximate surface area is 64.5 Å². The van der Waals surface area contributed by atoms with E-state index in [-0.39, 0.29) is 0 Å². The quantitative estimate of drug-likeness (QED) is 0.440. The minimum atomic E-state index is 0.454. The first-order valence-corrected chi connectivity index (χ1v) is 3.12. The number of ether oxygens (including phenoxy) is 1. The maximum atomic E-state index is 8.59. The summed E-state index contributed by atoms with van der Waals surface area (Å²) in [5.41, 5.74) is 8.47. The molecule has 4 nitrogen and oxygen atoms in total. The van der Waals surface area contributed by atoms with Gasteiger partial charge in [-0.25, -0.2) is 0 Å². The predicted octanol–water partition coefficient (Wildman–Crippen LogP) is 1.08. The number of nitrogens with one attached hydrogen (secondary N) is 1. The molecule has 0 bridgehead atoms. The molecule has 0 aliphatic rings. The third-order valence-corrected chi connectivity index (χ3v) is 1.37. The number of rotatable bonds is 2. The highest BCUT2D eigenvalue weighted by Gasteiger charge is 2.03. The van der Waals surface area contributed by atoms with Crippen LogP contribution in [0, 0.1) is 0 Å². The fourth-order valence-electron chi connectivity index (χ4n) is 0.871. The van der Waals surface area contributed by atoms with Gasteiger partial charge in [0.25, 0.3) is 0 Å². The summed E-state index contributed by atoms with van der Waals surface area (Å²) >= 11 is 0. The second-order valence-electron chi connectivity index (χ2n) is 2.04. The Hall–Kier alpha value is -1.42. The molecule has 1 rings (SSSR count). The highest BCUT2D eigenvalue weighted by molar-refractivity contribution is 5.68. The van der Waals surface area contributed by atoms with Crippen LogP contribution in [-0.4, -0.2) is 12.3 Å². The topological polar surface area (TPSA) is 67.5 Å². The average molecular weight is 154 g/mol. The number of anilines is 2. The Morgan fingerprint density at radius 3 is 2.73 bits per heavy atom. The molecule has 0 unspecified atom stereocenters. The van der Waals surface area contributed by atoms with Crippen LogP contribution >= 0.6 is 0 Å². The number of nitrogens with two attached hydrogens (primary N) is 1. The third kappa shape index (κ3) is 1.35. The standard InChI is InChI=1S/C7H10N2O2/c1-11-7-5(8)3-2-4-6(7)9-10/h2-4,9-10H,8H2,1H3. The minimum Gasteiger partial charge on any atom is -0.492 e. The number of benzene rings is 1. The van der Waals surface area contributed by atoms with E-state index in [1.807, 2.05) is 5.48 Å². The first kappa shape index (κ1) is 7.68. The second kappa shape index (κ2) is 3.12. The Kier molecular flexibility index (Phi) is 2.18. The van der Waals surface area contributed by atoms with Gasteiger partial charge in [-0.15, -0.1) is 0 Å². The summed E-state index contributed by atoms with van der Waals surface area (Å²) < 4.78 is 4.92. The Morgan fingerprint density at radius 2 is 2.27 bits per heavy atom. The molecule has 0 aliphatic carbocycles. The molecule has 0 fully saturated rings. The van der Waals surface area contributed by atoms with Crippen LogP contribution in [0.4, 0.5) is 11.4 Å². The summed E-state index contributed by atoms with van der Waals surface area (Å²) in [6.45, 7) is 0. The maximum absolute atomic E-state index is 8.59. The van der Waals surface area contributed by atoms with E-state index in [2.05, 4.69) is 0 Å². The summed E-state index contributed by atoms with van der Waals surface area (Å²) in [5.74, 6) is 0.454. The molecule has 0 amide bonds. The van der Waals surface area contributed by atoms with Gasteiger partial charge in [0.15, 0.2) is 5.75 Å². The van der Waals surface area contributed by atoms with Crippen LogP contribution in [0.15, 0.2) is 18.2 Å². The van der Waals surface area contributed by atoms with Gasteiger partial charge in [0.05, 0.1) is 12.8 Å². The summed E-state index contributed by atoms with van der Waals surface area (Å²) in [6, 6.07) is 5.07. The van der Waals surface area contributed by atoms with Crippen molar-refractivity contribution in [3.63, 3.8) is 0 Å². The number of hydrogen-bond acceptors (Lipinski definition) is 4. The van der Waals surface area contributed by atoms with Crippen molar-refractivity contribution in [1.82, 2.24) is 0 Å². The molecule has 0 heterocycles.